The summed E-state index contributed by atoms with van der Waals surface area (Å²) in [7, 11) is 0. The molecule has 1 amide bonds. The molecule has 0 aromatic heterocycles. The fraction of sp³-hybridized carbons (Fsp3) is 0.0625. The quantitative estimate of drug-likeness (QED) is 0.851. The summed E-state index contributed by atoms with van der Waals surface area (Å²) in [6.07, 6.45) is 0. The van der Waals surface area contributed by atoms with Gasteiger partial charge in [-0.3, -0.25) is 4.79 Å². The van der Waals surface area contributed by atoms with E-state index in [2.05, 4.69) is 21.2 Å². The third-order valence-electron chi connectivity index (χ3n) is 2.73. The Morgan fingerprint density at radius 1 is 1.14 bits per heavy atom. The van der Waals surface area contributed by atoms with Crippen molar-refractivity contribution in [3.8, 4) is 6.07 Å². The average Bonchev–Trinajstić information content (AvgIpc) is 2.55. The van der Waals surface area contributed by atoms with Crippen LogP contribution >= 0.6 is 15.9 Å². The summed E-state index contributed by atoms with van der Waals surface area (Å²) in [6, 6.07) is 15.1. The second-order valence-electron chi connectivity index (χ2n) is 4.29. The van der Waals surface area contributed by atoms with E-state index in [-0.39, 0.29) is 12.2 Å². The number of carbonyl (C=O) groups excluding carboxylic acids is 2. The maximum absolute atomic E-state index is 11.8. The van der Waals surface area contributed by atoms with Crippen molar-refractivity contribution in [2.45, 2.75) is 0 Å². The number of nitrogens with zero attached hydrogens (tertiary/aromatic N) is 1. The molecule has 0 unspecified atom stereocenters. The van der Waals surface area contributed by atoms with Crippen LogP contribution in [0.25, 0.3) is 0 Å². The van der Waals surface area contributed by atoms with Crippen LogP contribution in [0.3, 0.4) is 0 Å². The number of para-hydroxylation sites is 1. The van der Waals surface area contributed by atoms with E-state index in [1.165, 1.54) is 24.3 Å². The summed E-state index contributed by atoms with van der Waals surface area (Å²) >= 11 is 3.31. The molecule has 2 rings (SSSR count). The van der Waals surface area contributed by atoms with E-state index in [1.54, 1.807) is 18.2 Å². The third kappa shape index (κ3) is 4.17. The van der Waals surface area contributed by atoms with Gasteiger partial charge in [-0.1, -0.05) is 12.1 Å². The number of hydrogen-bond acceptors (Lipinski definition) is 4. The minimum atomic E-state index is -0.619. The number of amides is 1. The molecule has 2 aromatic rings. The Morgan fingerprint density at radius 2 is 1.82 bits per heavy atom. The van der Waals surface area contributed by atoms with E-state index in [9.17, 15) is 9.59 Å². The molecule has 0 aliphatic carbocycles. The molecule has 0 radical (unpaired) electrons. The fourth-order valence-corrected chi connectivity index (χ4v) is 2.03. The smallest absolute Gasteiger partial charge is 0.338 e. The van der Waals surface area contributed by atoms with Gasteiger partial charge in [-0.15, -0.1) is 0 Å². The molecule has 22 heavy (non-hydrogen) atoms. The standard InChI is InChI=1S/C16H11BrN2O3/c17-13-3-1-2-4-14(13)19-15(20)10-22-16(21)12-7-5-11(9-18)6-8-12/h1-8H,10H2,(H,19,20). The predicted octanol–water partition coefficient (Wildman–Crippen LogP) is 3.12. The Hall–Kier alpha value is -2.65. The van der Waals surface area contributed by atoms with Gasteiger partial charge in [0.15, 0.2) is 6.61 Å². The van der Waals surface area contributed by atoms with Gasteiger partial charge < -0.3 is 10.1 Å². The first kappa shape index (κ1) is 15.7. The van der Waals surface area contributed by atoms with Crippen molar-refractivity contribution in [2.24, 2.45) is 0 Å². The minimum absolute atomic E-state index is 0.285. The van der Waals surface area contributed by atoms with Gasteiger partial charge >= 0.3 is 5.97 Å². The summed E-state index contributed by atoms with van der Waals surface area (Å²) in [5, 5.41) is 11.3. The van der Waals surface area contributed by atoms with Crippen LogP contribution in [0, 0.1) is 11.3 Å². The Bertz CT molecular complexity index is 736. The molecular formula is C16H11BrN2O3. The number of ether oxygens (including phenoxy) is 1. The SMILES string of the molecule is N#Cc1ccc(C(=O)OCC(=O)Nc2ccccc2Br)cc1. The largest absolute Gasteiger partial charge is 0.452 e. The number of nitriles is 1. The third-order valence-corrected chi connectivity index (χ3v) is 3.42. The lowest BCUT2D eigenvalue weighted by Gasteiger charge is -2.08. The van der Waals surface area contributed by atoms with Crippen molar-refractivity contribution in [1.82, 2.24) is 0 Å². The summed E-state index contributed by atoms with van der Waals surface area (Å²) in [5.74, 6) is -1.05. The van der Waals surface area contributed by atoms with Crippen molar-refractivity contribution in [3.63, 3.8) is 0 Å². The van der Waals surface area contributed by atoms with Crippen molar-refractivity contribution < 1.29 is 14.3 Å². The normalized spacial score (nSPS) is 9.64. The first-order valence-corrected chi connectivity index (χ1v) is 7.11. The van der Waals surface area contributed by atoms with E-state index >= 15 is 0 Å². The molecule has 0 saturated carbocycles. The van der Waals surface area contributed by atoms with Gasteiger partial charge in [0.25, 0.3) is 5.91 Å². The zero-order valence-corrected chi connectivity index (χ0v) is 13.0. The predicted molar refractivity (Wildman–Crippen MR) is 84.2 cm³/mol. The lowest BCUT2D eigenvalue weighted by atomic mass is 10.1. The lowest BCUT2D eigenvalue weighted by molar-refractivity contribution is -0.119. The van der Waals surface area contributed by atoms with Crippen LogP contribution in [0.4, 0.5) is 5.69 Å². The molecule has 0 bridgehead atoms. The molecule has 0 heterocycles. The molecule has 0 atom stereocenters. The number of benzene rings is 2. The van der Waals surface area contributed by atoms with Gasteiger partial charge in [-0.25, -0.2) is 4.79 Å². The van der Waals surface area contributed by atoms with E-state index < -0.39 is 11.9 Å². The van der Waals surface area contributed by atoms with Gasteiger partial charge in [0.2, 0.25) is 0 Å². The highest BCUT2D eigenvalue weighted by molar-refractivity contribution is 9.10. The van der Waals surface area contributed by atoms with Crippen LogP contribution in [-0.2, 0) is 9.53 Å². The maximum atomic E-state index is 11.8. The highest BCUT2D eigenvalue weighted by Gasteiger charge is 2.11. The maximum Gasteiger partial charge on any atom is 0.338 e. The van der Waals surface area contributed by atoms with E-state index in [4.69, 9.17) is 10.00 Å². The van der Waals surface area contributed by atoms with E-state index in [0.29, 0.717) is 11.3 Å². The second kappa shape index (κ2) is 7.38. The van der Waals surface area contributed by atoms with Gasteiger partial charge in [-0.2, -0.15) is 5.26 Å². The van der Waals surface area contributed by atoms with E-state index in [1.807, 2.05) is 12.1 Å². The molecule has 0 fully saturated rings. The van der Waals surface area contributed by atoms with Crippen molar-refractivity contribution in [2.75, 3.05) is 11.9 Å². The van der Waals surface area contributed by atoms with E-state index in [0.717, 1.165) is 4.47 Å². The van der Waals surface area contributed by atoms with Crippen LogP contribution in [0.5, 0.6) is 0 Å². The highest BCUT2D eigenvalue weighted by Crippen LogP contribution is 2.20. The summed E-state index contributed by atoms with van der Waals surface area (Å²) in [4.78, 5) is 23.5. The molecule has 2 aromatic carbocycles. The Kier molecular flexibility index (Phi) is 5.28. The molecule has 6 heteroatoms. The van der Waals surface area contributed by atoms with Crippen LogP contribution in [0.2, 0.25) is 0 Å². The molecule has 5 nitrogen and oxygen atoms in total. The van der Waals surface area contributed by atoms with Crippen molar-refractivity contribution in [3.05, 3.63) is 64.1 Å². The Balaban J connectivity index is 1.89. The number of halogens is 1. The molecule has 0 spiro atoms. The Labute approximate surface area is 135 Å². The highest BCUT2D eigenvalue weighted by atomic mass is 79.9. The van der Waals surface area contributed by atoms with Crippen LogP contribution < -0.4 is 5.32 Å². The number of rotatable bonds is 4. The number of hydrogen-bond donors (Lipinski definition) is 1. The summed E-state index contributed by atoms with van der Waals surface area (Å²) < 4.78 is 5.66. The van der Waals surface area contributed by atoms with Crippen LogP contribution in [0.15, 0.2) is 53.0 Å². The molecular weight excluding hydrogens is 348 g/mol. The van der Waals surface area contributed by atoms with Gasteiger partial charge in [0, 0.05) is 4.47 Å². The fourth-order valence-electron chi connectivity index (χ4n) is 1.64. The van der Waals surface area contributed by atoms with Gasteiger partial charge in [0.1, 0.15) is 0 Å². The van der Waals surface area contributed by atoms with Gasteiger partial charge in [-0.05, 0) is 52.3 Å². The first-order chi connectivity index (χ1) is 10.6. The lowest BCUT2D eigenvalue weighted by Crippen LogP contribution is -2.21. The monoisotopic (exact) mass is 358 g/mol. The zero-order valence-electron chi connectivity index (χ0n) is 11.4. The second-order valence-corrected chi connectivity index (χ2v) is 5.15. The number of esters is 1. The molecule has 0 aliphatic heterocycles. The van der Waals surface area contributed by atoms with Gasteiger partial charge in [0.05, 0.1) is 22.9 Å². The summed E-state index contributed by atoms with van der Waals surface area (Å²) in [5.41, 5.74) is 1.33. The van der Waals surface area contributed by atoms with Crippen molar-refractivity contribution in [1.29, 1.82) is 5.26 Å². The zero-order chi connectivity index (χ0) is 15.9. The molecule has 110 valence electrons. The van der Waals surface area contributed by atoms with Crippen LogP contribution in [0.1, 0.15) is 15.9 Å². The molecule has 1 N–H and O–H groups in total. The molecule has 0 saturated heterocycles. The van der Waals surface area contributed by atoms with Crippen molar-refractivity contribution >= 4 is 33.5 Å². The summed E-state index contributed by atoms with van der Waals surface area (Å²) in [6.45, 7) is -0.389. The van der Waals surface area contributed by atoms with Crippen LogP contribution in [-0.4, -0.2) is 18.5 Å². The number of carbonyl (C=O) groups is 2. The minimum Gasteiger partial charge on any atom is -0.452 e. The first-order valence-electron chi connectivity index (χ1n) is 6.32. The Morgan fingerprint density at radius 3 is 2.45 bits per heavy atom. The number of nitrogens with one attached hydrogen (secondary N) is 1. The average molecular weight is 359 g/mol. The molecule has 0 aliphatic rings. The topological polar surface area (TPSA) is 79.2 Å². The number of anilines is 1.